The molecule has 2 heterocycles. The van der Waals surface area contributed by atoms with Gasteiger partial charge in [-0.05, 0) is 6.07 Å². The molecule has 1 N–H and O–H groups in total. The van der Waals surface area contributed by atoms with Gasteiger partial charge in [0.15, 0.2) is 0 Å². The smallest absolute Gasteiger partial charge is 0.227 e. The van der Waals surface area contributed by atoms with E-state index in [-0.39, 0.29) is 0 Å². The van der Waals surface area contributed by atoms with E-state index in [0.717, 1.165) is 30.7 Å². The quantitative estimate of drug-likeness (QED) is 0.638. The lowest BCUT2D eigenvalue weighted by atomic mass is 10.3. The van der Waals surface area contributed by atoms with Crippen LogP contribution < -0.4 is 9.80 Å². The van der Waals surface area contributed by atoms with Crippen LogP contribution in [0, 0.1) is 0 Å². The summed E-state index contributed by atoms with van der Waals surface area (Å²) in [6.45, 7) is 4.45. The number of quaternary nitrogens is 1. The van der Waals surface area contributed by atoms with Crippen molar-refractivity contribution in [1.29, 1.82) is 0 Å². The Balaban J connectivity index is 2.23. The lowest BCUT2D eigenvalue weighted by Crippen LogP contribution is -2.57. The molecule has 1 fully saturated rings. The number of nitrogens with zero attached hydrogens (tertiary/aromatic N) is 2. The summed E-state index contributed by atoms with van der Waals surface area (Å²) in [5.41, 5.74) is 0. The molecule has 0 spiro atoms. The molecule has 1 aromatic rings. The molecule has 0 atom stereocenters. The Kier molecular flexibility index (Phi) is 2.29. The van der Waals surface area contributed by atoms with Gasteiger partial charge in [0, 0.05) is 25.4 Å². The fourth-order valence-electron chi connectivity index (χ4n) is 1.79. The highest BCUT2D eigenvalue weighted by Crippen LogP contribution is 2.17. The topological polar surface area (TPSA) is 24.9 Å². The van der Waals surface area contributed by atoms with Gasteiger partial charge in [0.1, 0.15) is 0 Å². The summed E-state index contributed by atoms with van der Waals surface area (Å²) in [7, 11) is 2.25. The molecule has 0 amide bonds. The number of likely N-dealkylation sites (N-methyl/N-ethyl adjacent to an activating group) is 1. The Morgan fingerprint density at radius 3 is 2.69 bits per heavy atom. The van der Waals surface area contributed by atoms with Crippen LogP contribution in [0.25, 0.3) is 0 Å². The highest BCUT2D eigenvalue weighted by atomic mass is 15.4. The molecule has 0 unspecified atom stereocenters. The molecule has 3 heteroatoms. The highest BCUT2D eigenvalue weighted by Gasteiger charge is 2.27. The minimum atomic E-state index is 0.966. The van der Waals surface area contributed by atoms with E-state index >= 15 is 0 Å². The molecule has 0 aromatic carbocycles. The molecular formula is C10H16N3+. The van der Waals surface area contributed by atoms with Crippen molar-refractivity contribution in [3.05, 3.63) is 24.4 Å². The number of rotatable bonds is 1. The molecule has 70 valence electrons. The van der Waals surface area contributed by atoms with Crippen LogP contribution in [0.3, 0.4) is 0 Å². The van der Waals surface area contributed by atoms with Crippen molar-refractivity contribution in [2.75, 3.05) is 33.2 Å². The summed E-state index contributed by atoms with van der Waals surface area (Å²) in [4.78, 5) is 4.42. The molecule has 1 aromatic heterocycles. The van der Waals surface area contributed by atoms with E-state index in [4.69, 9.17) is 0 Å². The van der Waals surface area contributed by atoms with Crippen LogP contribution >= 0.6 is 0 Å². The number of hydrogen-bond donors (Lipinski definition) is 1. The van der Waals surface area contributed by atoms with Gasteiger partial charge in [-0.3, -0.25) is 4.48 Å². The van der Waals surface area contributed by atoms with E-state index in [1.807, 2.05) is 12.3 Å². The van der Waals surface area contributed by atoms with Gasteiger partial charge in [0.25, 0.3) is 0 Å². The molecule has 13 heavy (non-hydrogen) atoms. The van der Waals surface area contributed by atoms with E-state index in [1.54, 1.807) is 0 Å². The summed E-state index contributed by atoms with van der Waals surface area (Å²) < 4.78 is 0.966. The first kappa shape index (κ1) is 8.66. The molecule has 3 nitrogen and oxygen atoms in total. The predicted octanol–water partition coefficient (Wildman–Crippen LogP) is 0.622. The van der Waals surface area contributed by atoms with E-state index in [2.05, 4.69) is 29.5 Å². The number of pyridine rings is 1. The van der Waals surface area contributed by atoms with Crippen LogP contribution in [0.15, 0.2) is 24.4 Å². The number of nitrogens with one attached hydrogen (secondary N) is 1. The maximum absolute atomic E-state index is 4.42. The zero-order valence-corrected chi connectivity index (χ0v) is 8.03. The first-order valence-electron chi connectivity index (χ1n) is 4.78. The van der Waals surface area contributed by atoms with Crippen molar-refractivity contribution < 1.29 is 0 Å². The number of hydrogen-bond acceptors (Lipinski definition) is 2. The normalized spacial score (nSPS) is 21.3. The summed E-state index contributed by atoms with van der Waals surface area (Å²) in [6, 6.07) is 6.15. The summed E-state index contributed by atoms with van der Waals surface area (Å²) in [5.74, 6) is 1.18. The molecule has 1 saturated heterocycles. The fourth-order valence-corrected chi connectivity index (χ4v) is 1.79. The van der Waals surface area contributed by atoms with Crippen LogP contribution in [0.4, 0.5) is 5.82 Å². The monoisotopic (exact) mass is 178 g/mol. The van der Waals surface area contributed by atoms with E-state index < -0.39 is 0 Å². The Hall–Kier alpha value is -0.930. The van der Waals surface area contributed by atoms with Gasteiger partial charge in [-0.1, -0.05) is 6.07 Å². The third-order valence-electron chi connectivity index (χ3n) is 2.77. The summed E-state index contributed by atoms with van der Waals surface area (Å²) >= 11 is 0. The average molecular weight is 178 g/mol. The highest BCUT2D eigenvalue weighted by molar-refractivity contribution is 5.33. The van der Waals surface area contributed by atoms with E-state index in [0.29, 0.717) is 0 Å². The lowest BCUT2D eigenvalue weighted by Gasteiger charge is -2.36. The van der Waals surface area contributed by atoms with Gasteiger partial charge in [-0.25, -0.2) is 4.98 Å². The van der Waals surface area contributed by atoms with Crippen molar-refractivity contribution in [3.8, 4) is 0 Å². The minimum Gasteiger partial charge on any atom is -0.306 e. The standard InChI is InChI=1S/C10H16N3/c1-13(8-6-11-7-9-13)10-4-2-3-5-12-10/h2-5,11H,6-9H2,1H3/q+1. The Labute approximate surface area is 79.0 Å². The molecular weight excluding hydrogens is 162 g/mol. The van der Waals surface area contributed by atoms with Gasteiger partial charge in [-0.15, -0.1) is 0 Å². The third-order valence-corrected chi connectivity index (χ3v) is 2.77. The van der Waals surface area contributed by atoms with Crippen molar-refractivity contribution in [1.82, 2.24) is 14.8 Å². The molecule has 0 saturated carbocycles. The zero-order chi connectivity index (χ0) is 9.15. The average Bonchev–Trinajstić information content (AvgIpc) is 2.20. The van der Waals surface area contributed by atoms with E-state index in [1.165, 1.54) is 5.82 Å². The van der Waals surface area contributed by atoms with Crippen molar-refractivity contribution in [2.24, 2.45) is 0 Å². The Morgan fingerprint density at radius 1 is 1.31 bits per heavy atom. The second kappa shape index (κ2) is 3.44. The van der Waals surface area contributed by atoms with Crippen LogP contribution in [0.2, 0.25) is 0 Å². The molecule has 1 aliphatic heterocycles. The Morgan fingerprint density at radius 2 is 2.08 bits per heavy atom. The maximum atomic E-state index is 4.42. The van der Waals surface area contributed by atoms with Crippen LogP contribution in [0.1, 0.15) is 0 Å². The van der Waals surface area contributed by atoms with Crippen LogP contribution in [-0.2, 0) is 0 Å². The van der Waals surface area contributed by atoms with Crippen molar-refractivity contribution in [3.63, 3.8) is 0 Å². The van der Waals surface area contributed by atoms with Gasteiger partial charge in [0.2, 0.25) is 5.82 Å². The van der Waals surface area contributed by atoms with E-state index in [9.17, 15) is 0 Å². The van der Waals surface area contributed by atoms with Crippen LogP contribution in [-0.4, -0.2) is 38.2 Å². The predicted molar refractivity (Wildman–Crippen MR) is 54.6 cm³/mol. The zero-order valence-electron chi connectivity index (χ0n) is 8.03. The third kappa shape index (κ3) is 1.71. The summed E-state index contributed by atoms with van der Waals surface area (Å²) in [5, 5.41) is 3.37. The first-order chi connectivity index (χ1) is 6.31. The fraction of sp³-hybridized carbons (Fsp3) is 0.500. The van der Waals surface area contributed by atoms with Crippen molar-refractivity contribution in [2.45, 2.75) is 0 Å². The van der Waals surface area contributed by atoms with Gasteiger partial charge >= 0.3 is 0 Å². The maximum Gasteiger partial charge on any atom is 0.227 e. The summed E-state index contributed by atoms with van der Waals surface area (Å²) in [6.07, 6.45) is 1.88. The largest absolute Gasteiger partial charge is 0.306 e. The lowest BCUT2D eigenvalue weighted by molar-refractivity contribution is 0.281. The number of piperazine rings is 1. The molecule has 0 radical (unpaired) electrons. The van der Waals surface area contributed by atoms with Gasteiger partial charge in [-0.2, -0.15) is 0 Å². The van der Waals surface area contributed by atoms with Gasteiger partial charge in [0.05, 0.1) is 20.1 Å². The van der Waals surface area contributed by atoms with Gasteiger partial charge < -0.3 is 5.32 Å². The Bertz CT molecular complexity index is 265. The van der Waals surface area contributed by atoms with Crippen molar-refractivity contribution >= 4 is 5.82 Å². The molecule has 1 aliphatic rings. The second-order valence-corrected chi connectivity index (χ2v) is 3.78. The number of aromatic nitrogens is 1. The SMILES string of the molecule is C[N+]1(c2ccccn2)CCNCC1. The molecule has 0 bridgehead atoms. The second-order valence-electron chi connectivity index (χ2n) is 3.78. The molecule has 2 rings (SSSR count). The minimum absolute atomic E-state index is 0.966. The van der Waals surface area contributed by atoms with Crippen LogP contribution in [0.5, 0.6) is 0 Å². The first-order valence-corrected chi connectivity index (χ1v) is 4.78. The molecule has 0 aliphatic carbocycles.